The Labute approximate surface area is 158 Å². The topological polar surface area (TPSA) is 94.1 Å². The second-order valence-electron chi connectivity index (χ2n) is 5.53. The summed E-state index contributed by atoms with van der Waals surface area (Å²) in [4.78, 5) is 8.23. The van der Waals surface area contributed by atoms with E-state index in [1.165, 1.54) is 0 Å². The summed E-state index contributed by atoms with van der Waals surface area (Å²) in [5.41, 5.74) is 1.18. The number of thiazole rings is 2. The molecule has 26 heavy (non-hydrogen) atoms. The van der Waals surface area contributed by atoms with Crippen LogP contribution in [-0.2, 0) is 19.7 Å². The number of rotatable bonds is 5. The van der Waals surface area contributed by atoms with Crippen molar-refractivity contribution in [3.8, 4) is 0 Å². The highest BCUT2D eigenvalue weighted by Gasteiger charge is 2.26. The van der Waals surface area contributed by atoms with Crippen molar-refractivity contribution in [2.75, 3.05) is 11.5 Å². The normalized spacial score (nSPS) is 12.8. The lowest BCUT2D eigenvalue weighted by Crippen LogP contribution is -2.17. The van der Waals surface area contributed by atoms with Crippen molar-refractivity contribution in [2.45, 2.75) is 8.68 Å². The number of para-hydroxylation sites is 2. The number of fused-ring (bicyclic) bond motifs is 2. The quantitative estimate of drug-likeness (QED) is 0.488. The first kappa shape index (κ1) is 17.5. The zero-order valence-corrected chi connectivity index (χ0v) is 16.5. The molecule has 0 bridgehead atoms. The molecule has 0 saturated heterocycles. The van der Waals surface area contributed by atoms with E-state index in [-0.39, 0.29) is 8.68 Å². The van der Waals surface area contributed by atoms with Crippen LogP contribution in [0.3, 0.4) is 0 Å². The molecule has 4 rings (SSSR count). The van der Waals surface area contributed by atoms with Crippen LogP contribution in [0.25, 0.3) is 20.4 Å². The highest BCUT2D eigenvalue weighted by molar-refractivity contribution is 7.97. The summed E-state index contributed by atoms with van der Waals surface area (Å²) in [6.07, 6.45) is 0. The van der Waals surface area contributed by atoms with Crippen molar-refractivity contribution in [3.05, 3.63) is 48.5 Å². The Morgan fingerprint density at radius 1 is 0.654 bits per heavy atom. The third kappa shape index (κ3) is 3.25. The Bertz CT molecular complexity index is 1150. The predicted octanol–water partition coefficient (Wildman–Crippen LogP) is 3.15. The third-order valence-electron chi connectivity index (χ3n) is 3.70. The summed E-state index contributed by atoms with van der Waals surface area (Å²) in [6, 6.07) is 14.2. The van der Waals surface area contributed by atoms with Crippen LogP contribution in [0, 0.1) is 0 Å². The first-order valence-corrected chi connectivity index (χ1v) is 12.5. The van der Waals surface area contributed by atoms with E-state index in [4.69, 9.17) is 0 Å². The number of nitrogens with zero attached hydrogens (tertiary/aromatic N) is 2. The first-order chi connectivity index (χ1) is 12.4. The van der Waals surface area contributed by atoms with Crippen LogP contribution in [0.15, 0.2) is 57.2 Å². The van der Waals surface area contributed by atoms with Crippen LogP contribution in [0.1, 0.15) is 0 Å². The Kier molecular flexibility index (Phi) is 4.30. The highest BCUT2D eigenvalue weighted by Crippen LogP contribution is 2.28. The molecule has 2 aromatic carbocycles. The molecule has 0 amide bonds. The molecule has 0 aliphatic heterocycles. The Balaban J connectivity index is 1.60. The predicted molar refractivity (Wildman–Crippen MR) is 103 cm³/mol. The smallest absolute Gasteiger partial charge is 0.210 e. The van der Waals surface area contributed by atoms with Gasteiger partial charge in [0.1, 0.15) is 0 Å². The summed E-state index contributed by atoms with van der Waals surface area (Å²) >= 11 is 2.10. The molecule has 2 aromatic heterocycles. The molecule has 0 radical (unpaired) electrons. The number of aromatic nitrogens is 2. The average molecular weight is 425 g/mol. The largest absolute Gasteiger partial charge is 0.225 e. The Morgan fingerprint density at radius 3 is 1.42 bits per heavy atom. The van der Waals surface area contributed by atoms with Crippen molar-refractivity contribution in [1.82, 2.24) is 9.97 Å². The first-order valence-electron chi connectivity index (χ1n) is 7.52. The van der Waals surface area contributed by atoms with Crippen LogP contribution in [0.4, 0.5) is 0 Å². The van der Waals surface area contributed by atoms with Gasteiger partial charge in [-0.3, -0.25) is 0 Å². The van der Waals surface area contributed by atoms with Crippen molar-refractivity contribution in [1.29, 1.82) is 0 Å². The molecule has 6 nitrogen and oxygen atoms in total. The molecule has 0 N–H and O–H groups in total. The van der Waals surface area contributed by atoms with E-state index >= 15 is 0 Å². The van der Waals surface area contributed by atoms with E-state index in [1.807, 2.05) is 0 Å². The zero-order chi connectivity index (χ0) is 18.4. The van der Waals surface area contributed by atoms with Crippen molar-refractivity contribution in [2.24, 2.45) is 0 Å². The van der Waals surface area contributed by atoms with Gasteiger partial charge in [-0.15, -0.1) is 22.7 Å². The molecule has 0 saturated carbocycles. The second kappa shape index (κ2) is 6.38. The fourth-order valence-electron chi connectivity index (χ4n) is 2.36. The van der Waals surface area contributed by atoms with Gasteiger partial charge in [0.25, 0.3) is 0 Å². The minimum absolute atomic E-state index is 0.0572. The van der Waals surface area contributed by atoms with Gasteiger partial charge in [-0.05, 0) is 24.3 Å². The standard InChI is InChI=1S/C16H12N2O4S4/c19-25(20,15-17-11-5-1-3-7-13(11)23-15)9-10-26(21,22)16-18-12-6-2-4-8-14(12)24-16/h1-8H,9-10H2. The van der Waals surface area contributed by atoms with Gasteiger partial charge in [0.15, 0.2) is 0 Å². The van der Waals surface area contributed by atoms with Gasteiger partial charge in [0, 0.05) is 0 Å². The summed E-state index contributed by atoms with van der Waals surface area (Å²) in [5, 5.41) is 0. The van der Waals surface area contributed by atoms with E-state index in [1.54, 1.807) is 48.5 Å². The maximum atomic E-state index is 12.5. The van der Waals surface area contributed by atoms with Crippen molar-refractivity contribution < 1.29 is 16.8 Å². The lowest BCUT2D eigenvalue weighted by atomic mass is 10.3. The van der Waals surface area contributed by atoms with Gasteiger partial charge in [-0.1, -0.05) is 24.3 Å². The highest BCUT2D eigenvalue weighted by atomic mass is 32.2. The van der Waals surface area contributed by atoms with E-state index in [0.29, 0.717) is 11.0 Å². The van der Waals surface area contributed by atoms with Gasteiger partial charge in [0.2, 0.25) is 28.4 Å². The van der Waals surface area contributed by atoms with Gasteiger partial charge < -0.3 is 0 Å². The van der Waals surface area contributed by atoms with E-state index in [0.717, 1.165) is 32.1 Å². The minimum atomic E-state index is -3.79. The minimum Gasteiger partial charge on any atom is -0.225 e. The Hall–Kier alpha value is -1.88. The fraction of sp³-hybridized carbons (Fsp3) is 0.125. The fourth-order valence-corrected chi connectivity index (χ4v) is 8.39. The lowest BCUT2D eigenvalue weighted by molar-refractivity contribution is 0.587. The van der Waals surface area contributed by atoms with Gasteiger partial charge in [-0.2, -0.15) is 0 Å². The van der Waals surface area contributed by atoms with Gasteiger partial charge in [0.05, 0.1) is 31.9 Å². The number of sulfone groups is 2. The molecule has 0 fully saturated rings. The van der Waals surface area contributed by atoms with Crippen LogP contribution in [0.2, 0.25) is 0 Å². The molecule has 0 spiro atoms. The summed E-state index contributed by atoms with van der Waals surface area (Å²) < 4.78 is 51.5. The second-order valence-corrected chi connectivity index (χ2v) is 12.2. The molecule has 0 atom stereocenters. The molecule has 134 valence electrons. The van der Waals surface area contributed by atoms with E-state index < -0.39 is 31.2 Å². The van der Waals surface area contributed by atoms with Crippen LogP contribution in [-0.4, -0.2) is 38.3 Å². The zero-order valence-electron chi connectivity index (χ0n) is 13.2. The number of benzene rings is 2. The number of hydrogen-bond acceptors (Lipinski definition) is 8. The SMILES string of the molecule is O=S(=O)(CCS(=O)(=O)c1nc2ccccc2s1)c1nc2ccccc2s1. The summed E-state index contributed by atoms with van der Waals surface area (Å²) in [6.45, 7) is 0. The van der Waals surface area contributed by atoms with Crippen molar-refractivity contribution in [3.63, 3.8) is 0 Å². The maximum absolute atomic E-state index is 12.5. The van der Waals surface area contributed by atoms with E-state index in [2.05, 4.69) is 9.97 Å². The third-order valence-corrected chi connectivity index (χ3v) is 10.4. The summed E-state index contributed by atoms with van der Waals surface area (Å²) in [7, 11) is -7.58. The van der Waals surface area contributed by atoms with Crippen LogP contribution < -0.4 is 0 Å². The molecule has 0 aliphatic rings. The molecule has 0 aliphatic carbocycles. The lowest BCUT2D eigenvalue weighted by Gasteiger charge is -2.01. The van der Waals surface area contributed by atoms with E-state index in [9.17, 15) is 16.8 Å². The molecule has 4 aromatic rings. The summed E-state index contributed by atoms with van der Waals surface area (Å²) in [5.74, 6) is -1.05. The average Bonchev–Trinajstić information content (AvgIpc) is 3.25. The Morgan fingerprint density at radius 2 is 1.04 bits per heavy atom. The van der Waals surface area contributed by atoms with Crippen LogP contribution >= 0.6 is 22.7 Å². The molecular weight excluding hydrogens is 412 g/mol. The monoisotopic (exact) mass is 424 g/mol. The van der Waals surface area contributed by atoms with Crippen molar-refractivity contribution >= 4 is 62.8 Å². The molecular formula is C16H12N2O4S4. The van der Waals surface area contributed by atoms with Gasteiger partial charge in [-0.25, -0.2) is 26.8 Å². The maximum Gasteiger partial charge on any atom is 0.210 e. The molecule has 2 heterocycles. The molecule has 0 unspecified atom stereocenters. The van der Waals surface area contributed by atoms with Crippen LogP contribution in [0.5, 0.6) is 0 Å². The number of hydrogen-bond donors (Lipinski definition) is 0. The molecule has 10 heteroatoms. The van der Waals surface area contributed by atoms with Gasteiger partial charge >= 0.3 is 0 Å².